The fourth-order valence-corrected chi connectivity index (χ4v) is 1.96. The van der Waals surface area contributed by atoms with Crippen molar-refractivity contribution in [1.82, 2.24) is 5.32 Å². The molecule has 0 unspecified atom stereocenters. The van der Waals surface area contributed by atoms with Gasteiger partial charge in [0.1, 0.15) is 0 Å². The number of carbonyl (C=O) groups is 2. The standard InChI is InChI=1S/C18H18N2O2/c1-2-19-18(22)15-10-6-7-11-16(15)20-17(21)13-12-14-8-4-3-5-9-14/h3-13H,2H2,1H3,(H,19,22)(H,20,21)/b13-12+. The number of nitrogens with one attached hydrogen (secondary N) is 2. The van der Waals surface area contributed by atoms with Gasteiger partial charge in [-0.15, -0.1) is 0 Å². The Balaban J connectivity index is 2.09. The monoisotopic (exact) mass is 294 g/mol. The lowest BCUT2D eigenvalue weighted by atomic mass is 10.1. The van der Waals surface area contributed by atoms with Crippen molar-refractivity contribution >= 4 is 23.6 Å². The number of hydrogen-bond acceptors (Lipinski definition) is 2. The second kappa shape index (κ2) is 7.78. The third-order valence-electron chi connectivity index (χ3n) is 2.99. The van der Waals surface area contributed by atoms with Crippen LogP contribution in [0.3, 0.4) is 0 Å². The topological polar surface area (TPSA) is 58.2 Å². The lowest BCUT2D eigenvalue weighted by molar-refractivity contribution is -0.111. The molecule has 0 aliphatic rings. The molecule has 4 nitrogen and oxygen atoms in total. The first-order valence-corrected chi connectivity index (χ1v) is 7.12. The molecule has 0 heterocycles. The molecule has 0 saturated carbocycles. The molecule has 0 radical (unpaired) electrons. The third-order valence-corrected chi connectivity index (χ3v) is 2.99. The van der Waals surface area contributed by atoms with Crippen LogP contribution in [0.15, 0.2) is 60.7 Å². The van der Waals surface area contributed by atoms with E-state index in [2.05, 4.69) is 10.6 Å². The molecule has 0 aromatic heterocycles. The van der Waals surface area contributed by atoms with Gasteiger partial charge in [0.05, 0.1) is 11.3 Å². The van der Waals surface area contributed by atoms with E-state index < -0.39 is 0 Å². The van der Waals surface area contributed by atoms with Gasteiger partial charge in [0.2, 0.25) is 5.91 Å². The number of hydrogen-bond donors (Lipinski definition) is 2. The van der Waals surface area contributed by atoms with Gasteiger partial charge in [0, 0.05) is 12.6 Å². The van der Waals surface area contributed by atoms with E-state index >= 15 is 0 Å². The van der Waals surface area contributed by atoms with Gasteiger partial charge in [-0.1, -0.05) is 42.5 Å². The predicted octanol–water partition coefficient (Wildman–Crippen LogP) is 3.09. The zero-order valence-electron chi connectivity index (χ0n) is 12.4. The average molecular weight is 294 g/mol. The van der Waals surface area contributed by atoms with Gasteiger partial charge in [-0.25, -0.2) is 0 Å². The molecule has 2 amide bonds. The Morgan fingerprint density at radius 2 is 1.68 bits per heavy atom. The summed E-state index contributed by atoms with van der Waals surface area (Å²) < 4.78 is 0. The Labute approximate surface area is 129 Å². The Kier molecular flexibility index (Phi) is 5.49. The van der Waals surface area contributed by atoms with Crippen LogP contribution < -0.4 is 10.6 Å². The molecule has 0 aliphatic heterocycles. The Morgan fingerprint density at radius 3 is 2.41 bits per heavy atom. The summed E-state index contributed by atoms with van der Waals surface area (Å²) in [5, 5.41) is 5.46. The fourth-order valence-electron chi connectivity index (χ4n) is 1.96. The molecule has 112 valence electrons. The van der Waals surface area contributed by atoms with Gasteiger partial charge < -0.3 is 10.6 Å². The smallest absolute Gasteiger partial charge is 0.253 e. The minimum Gasteiger partial charge on any atom is -0.352 e. The second-order valence-electron chi connectivity index (χ2n) is 4.64. The molecule has 2 aromatic carbocycles. The lowest BCUT2D eigenvalue weighted by Crippen LogP contribution is -2.24. The summed E-state index contributed by atoms with van der Waals surface area (Å²) in [4.78, 5) is 23.9. The summed E-state index contributed by atoms with van der Waals surface area (Å²) in [5.74, 6) is -0.481. The molecule has 0 spiro atoms. The van der Waals surface area contributed by atoms with E-state index in [1.807, 2.05) is 37.3 Å². The fraction of sp³-hybridized carbons (Fsp3) is 0.111. The number of benzene rings is 2. The predicted molar refractivity (Wildman–Crippen MR) is 88.6 cm³/mol. The maximum atomic E-state index is 12.0. The van der Waals surface area contributed by atoms with Crippen molar-refractivity contribution in [1.29, 1.82) is 0 Å². The van der Waals surface area contributed by atoms with Gasteiger partial charge in [-0.3, -0.25) is 9.59 Å². The van der Waals surface area contributed by atoms with Crippen LogP contribution in [0.1, 0.15) is 22.8 Å². The number of carbonyl (C=O) groups excluding carboxylic acids is 2. The summed E-state index contributed by atoms with van der Waals surface area (Å²) in [6.07, 6.45) is 3.17. The Morgan fingerprint density at radius 1 is 1.00 bits per heavy atom. The molecule has 2 N–H and O–H groups in total. The highest BCUT2D eigenvalue weighted by Gasteiger charge is 2.10. The molecule has 0 atom stereocenters. The molecular formula is C18H18N2O2. The van der Waals surface area contributed by atoms with Crippen LogP contribution in [0.4, 0.5) is 5.69 Å². The number of anilines is 1. The van der Waals surface area contributed by atoms with Gasteiger partial charge in [0.25, 0.3) is 5.91 Å². The summed E-state index contributed by atoms with van der Waals surface area (Å²) in [6.45, 7) is 2.39. The van der Waals surface area contributed by atoms with Crippen molar-refractivity contribution in [2.45, 2.75) is 6.92 Å². The zero-order valence-corrected chi connectivity index (χ0v) is 12.4. The maximum absolute atomic E-state index is 12.0. The van der Waals surface area contributed by atoms with E-state index in [0.717, 1.165) is 5.56 Å². The van der Waals surface area contributed by atoms with Gasteiger partial charge in [-0.2, -0.15) is 0 Å². The van der Waals surface area contributed by atoms with Crippen LogP contribution in [0.5, 0.6) is 0 Å². The van der Waals surface area contributed by atoms with Crippen molar-refractivity contribution in [3.8, 4) is 0 Å². The van der Waals surface area contributed by atoms with Crippen LogP contribution in [0.25, 0.3) is 6.08 Å². The van der Waals surface area contributed by atoms with Crippen molar-refractivity contribution in [3.63, 3.8) is 0 Å². The summed E-state index contributed by atoms with van der Waals surface area (Å²) in [5.41, 5.74) is 1.89. The highest BCUT2D eigenvalue weighted by molar-refractivity contribution is 6.07. The van der Waals surface area contributed by atoms with Gasteiger partial charge >= 0.3 is 0 Å². The minimum absolute atomic E-state index is 0.203. The molecule has 4 heteroatoms. The second-order valence-corrected chi connectivity index (χ2v) is 4.64. The average Bonchev–Trinajstić information content (AvgIpc) is 2.54. The van der Waals surface area contributed by atoms with E-state index in [1.165, 1.54) is 6.08 Å². The molecule has 2 rings (SSSR count). The van der Waals surface area contributed by atoms with Crippen molar-refractivity contribution in [2.75, 3.05) is 11.9 Å². The largest absolute Gasteiger partial charge is 0.352 e. The zero-order chi connectivity index (χ0) is 15.8. The number of amides is 2. The van der Waals surface area contributed by atoms with Gasteiger partial charge in [-0.05, 0) is 30.7 Å². The molecule has 22 heavy (non-hydrogen) atoms. The van der Waals surface area contributed by atoms with E-state index in [9.17, 15) is 9.59 Å². The van der Waals surface area contributed by atoms with Crippen LogP contribution in [0, 0.1) is 0 Å². The van der Waals surface area contributed by atoms with Crippen molar-refractivity contribution in [3.05, 3.63) is 71.8 Å². The van der Waals surface area contributed by atoms with Crippen molar-refractivity contribution < 1.29 is 9.59 Å². The number of rotatable bonds is 5. The molecule has 0 fully saturated rings. The first-order chi connectivity index (χ1) is 10.7. The lowest BCUT2D eigenvalue weighted by Gasteiger charge is -2.09. The van der Waals surface area contributed by atoms with Crippen LogP contribution in [-0.4, -0.2) is 18.4 Å². The minimum atomic E-state index is -0.277. The van der Waals surface area contributed by atoms with Crippen molar-refractivity contribution in [2.24, 2.45) is 0 Å². The molecule has 2 aromatic rings. The molecular weight excluding hydrogens is 276 g/mol. The number of para-hydroxylation sites is 1. The summed E-state index contributed by atoms with van der Waals surface area (Å²) >= 11 is 0. The van der Waals surface area contributed by atoms with E-state index in [1.54, 1.807) is 30.3 Å². The third kappa shape index (κ3) is 4.31. The van der Waals surface area contributed by atoms with Crippen LogP contribution in [-0.2, 0) is 4.79 Å². The van der Waals surface area contributed by atoms with E-state index in [0.29, 0.717) is 17.8 Å². The summed E-state index contributed by atoms with van der Waals surface area (Å²) in [6, 6.07) is 16.5. The first-order valence-electron chi connectivity index (χ1n) is 7.12. The van der Waals surface area contributed by atoms with E-state index in [-0.39, 0.29) is 11.8 Å². The van der Waals surface area contributed by atoms with Crippen LogP contribution >= 0.6 is 0 Å². The normalized spacial score (nSPS) is 10.4. The van der Waals surface area contributed by atoms with Crippen LogP contribution in [0.2, 0.25) is 0 Å². The SMILES string of the molecule is CCNC(=O)c1ccccc1NC(=O)/C=C/c1ccccc1. The molecule has 0 aliphatic carbocycles. The summed E-state index contributed by atoms with van der Waals surface area (Å²) in [7, 11) is 0. The van der Waals surface area contributed by atoms with E-state index in [4.69, 9.17) is 0 Å². The Hall–Kier alpha value is -2.88. The highest BCUT2D eigenvalue weighted by Crippen LogP contribution is 2.15. The molecule has 0 bridgehead atoms. The molecule has 0 saturated heterocycles. The quantitative estimate of drug-likeness (QED) is 0.833. The maximum Gasteiger partial charge on any atom is 0.253 e. The Bertz CT molecular complexity index is 678. The van der Waals surface area contributed by atoms with Gasteiger partial charge in [0.15, 0.2) is 0 Å². The highest BCUT2D eigenvalue weighted by atomic mass is 16.2. The first kappa shape index (κ1) is 15.5.